The summed E-state index contributed by atoms with van der Waals surface area (Å²) in [6.45, 7) is 12.7. The summed E-state index contributed by atoms with van der Waals surface area (Å²) in [7, 11) is 0. The predicted molar refractivity (Wildman–Crippen MR) is 79.7 cm³/mol. The second-order valence-electron chi connectivity index (χ2n) is 6.86. The van der Waals surface area contributed by atoms with Gasteiger partial charge in [0.25, 0.3) is 0 Å². The van der Waals surface area contributed by atoms with Crippen LogP contribution in [0.15, 0.2) is 24.3 Å². The molecule has 0 saturated heterocycles. The zero-order valence-corrected chi connectivity index (χ0v) is 12.5. The number of nitrogens with one attached hydrogen (secondary N) is 1. The molecule has 102 valence electrons. The van der Waals surface area contributed by atoms with E-state index in [1.54, 1.807) is 0 Å². The van der Waals surface area contributed by atoms with Crippen LogP contribution in [0.25, 0.3) is 0 Å². The minimum Gasteiger partial charge on any atom is -0.326 e. The minimum atomic E-state index is -0.0803. The molecule has 0 bridgehead atoms. The quantitative estimate of drug-likeness (QED) is 0.785. The fraction of sp³-hybridized carbons (Fsp3) is 0.625. The van der Waals surface area contributed by atoms with Gasteiger partial charge in [-0.15, -0.1) is 0 Å². The highest BCUT2D eigenvalue weighted by molar-refractivity contribution is 5.27. The lowest BCUT2D eigenvalue weighted by Crippen LogP contribution is -2.35. The van der Waals surface area contributed by atoms with Crippen molar-refractivity contribution < 1.29 is 0 Å². The van der Waals surface area contributed by atoms with E-state index in [-0.39, 0.29) is 11.0 Å². The number of hydrogen-bond donors (Lipinski definition) is 2. The molecule has 0 radical (unpaired) electrons. The van der Waals surface area contributed by atoms with Gasteiger partial charge >= 0.3 is 0 Å². The van der Waals surface area contributed by atoms with Crippen molar-refractivity contribution in [2.24, 2.45) is 5.73 Å². The summed E-state index contributed by atoms with van der Waals surface area (Å²) in [4.78, 5) is 0. The Balaban J connectivity index is 2.41. The molecular formula is C16H28N2. The summed E-state index contributed by atoms with van der Waals surface area (Å²) in [6.07, 6.45) is 0.993. The topological polar surface area (TPSA) is 38.0 Å². The maximum atomic E-state index is 5.94. The summed E-state index contributed by atoms with van der Waals surface area (Å²) in [5.74, 6) is 0. The number of nitrogens with two attached hydrogens (primary N) is 1. The molecule has 2 heteroatoms. The molecule has 18 heavy (non-hydrogen) atoms. The monoisotopic (exact) mass is 248 g/mol. The zero-order valence-electron chi connectivity index (χ0n) is 12.5. The molecule has 0 saturated carbocycles. The lowest BCUT2D eigenvalue weighted by Gasteiger charge is -2.20. The van der Waals surface area contributed by atoms with E-state index >= 15 is 0 Å². The molecule has 3 N–H and O–H groups in total. The lowest BCUT2D eigenvalue weighted by atomic mass is 9.87. The summed E-state index contributed by atoms with van der Waals surface area (Å²) < 4.78 is 0. The molecule has 0 unspecified atom stereocenters. The van der Waals surface area contributed by atoms with Gasteiger partial charge in [0.15, 0.2) is 0 Å². The molecular weight excluding hydrogens is 220 g/mol. The van der Waals surface area contributed by atoms with Crippen molar-refractivity contribution in [3.8, 4) is 0 Å². The molecule has 0 atom stereocenters. The van der Waals surface area contributed by atoms with E-state index in [0.717, 1.165) is 19.5 Å². The molecule has 1 rings (SSSR count). The normalized spacial score (nSPS) is 12.8. The highest BCUT2D eigenvalue weighted by atomic mass is 14.9. The average Bonchev–Trinajstić information content (AvgIpc) is 2.22. The minimum absolute atomic E-state index is 0.0803. The van der Waals surface area contributed by atoms with Gasteiger partial charge in [-0.05, 0) is 43.4 Å². The Kier molecular flexibility index (Phi) is 4.94. The molecule has 0 fully saturated rings. The fourth-order valence-electron chi connectivity index (χ4n) is 1.77. The number of benzene rings is 1. The first kappa shape index (κ1) is 15.2. The molecule has 0 spiro atoms. The molecule has 0 aliphatic rings. The predicted octanol–water partition coefficient (Wildman–Crippen LogP) is 3.20. The van der Waals surface area contributed by atoms with Crippen molar-refractivity contribution in [1.82, 2.24) is 5.32 Å². The van der Waals surface area contributed by atoms with E-state index in [1.807, 2.05) is 0 Å². The molecule has 0 aliphatic carbocycles. The van der Waals surface area contributed by atoms with Crippen LogP contribution in [0.1, 0.15) is 52.2 Å². The molecule has 2 nitrogen and oxygen atoms in total. The Morgan fingerprint density at radius 2 is 1.56 bits per heavy atom. The Labute approximate surface area is 112 Å². The second-order valence-corrected chi connectivity index (χ2v) is 6.86. The van der Waals surface area contributed by atoms with Crippen molar-refractivity contribution in [1.29, 1.82) is 0 Å². The SMILES string of the molecule is CC(C)(N)CCNCc1ccc(C(C)(C)C)cc1. The summed E-state index contributed by atoms with van der Waals surface area (Å²) in [5, 5.41) is 3.44. The fourth-order valence-corrected chi connectivity index (χ4v) is 1.77. The van der Waals surface area contributed by atoms with Crippen molar-refractivity contribution in [2.75, 3.05) is 6.54 Å². The third kappa shape index (κ3) is 5.65. The largest absolute Gasteiger partial charge is 0.326 e. The van der Waals surface area contributed by atoms with Gasteiger partial charge in [0.05, 0.1) is 0 Å². The first-order valence-electron chi connectivity index (χ1n) is 6.77. The first-order valence-corrected chi connectivity index (χ1v) is 6.77. The van der Waals surface area contributed by atoms with E-state index in [2.05, 4.69) is 64.2 Å². The Hall–Kier alpha value is -0.860. The van der Waals surface area contributed by atoms with Crippen molar-refractivity contribution in [2.45, 2.75) is 58.5 Å². The van der Waals surface area contributed by atoms with Crippen LogP contribution in [-0.4, -0.2) is 12.1 Å². The van der Waals surface area contributed by atoms with Gasteiger partial charge in [-0.25, -0.2) is 0 Å². The molecule has 1 aromatic carbocycles. The number of hydrogen-bond acceptors (Lipinski definition) is 2. The van der Waals surface area contributed by atoms with Crippen LogP contribution in [0.2, 0.25) is 0 Å². The molecule has 0 amide bonds. The van der Waals surface area contributed by atoms with Gasteiger partial charge in [-0.3, -0.25) is 0 Å². The maximum Gasteiger partial charge on any atom is 0.0205 e. The first-order chi connectivity index (χ1) is 8.18. The maximum absolute atomic E-state index is 5.94. The van der Waals surface area contributed by atoms with Crippen molar-refractivity contribution in [3.63, 3.8) is 0 Å². The summed E-state index contributed by atoms with van der Waals surface area (Å²) in [5.41, 5.74) is 8.81. The third-order valence-electron chi connectivity index (χ3n) is 3.10. The van der Waals surface area contributed by atoms with E-state index in [1.165, 1.54) is 11.1 Å². The number of rotatable bonds is 5. The Bertz CT molecular complexity index is 352. The van der Waals surface area contributed by atoms with Gasteiger partial charge in [0.2, 0.25) is 0 Å². The standard InChI is InChI=1S/C16H28N2/c1-15(2,3)14-8-6-13(7-9-14)12-18-11-10-16(4,5)17/h6-9,18H,10-12,17H2,1-5H3. The van der Waals surface area contributed by atoms with Crippen LogP contribution < -0.4 is 11.1 Å². The second kappa shape index (κ2) is 5.85. The molecule has 1 aromatic rings. The summed E-state index contributed by atoms with van der Waals surface area (Å²) in [6, 6.07) is 8.87. The van der Waals surface area contributed by atoms with Crippen molar-refractivity contribution in [3.05, 3.63) is 35.4 Å². The van der Waals surface area contributed by atoms with Gasteiger partial charge < -0.3 is 11.1 Å². The third-order valence-corrected chi connectivity index (χ3v) is 3.10. The molecule has 0 heterocycles. The van der Waals surface area contributed by atoms with Crippen LogP contribution in [0, 0.1) is 0 Å². The van der Waals surface area contributed by atoms with E-state index in [9.17, 15) is 0 Å². The van der Waals surface area contributed by atoms with Crippen LogP contribution in [-0.2, 0) is 12.0 Å². The highest BCUT2D eigenvalue weighted by Crippen LogP contribution is 2.22. The van der Waals surface area contributed by atoms with Crippen LogP contribution in [0.4, 0.5) is 0 Å². The van der Waals surface area contributed by atoms with Crippen molar-refractivity contribution >= 4 is 0 Å². The smallest absolute Gasteiger partial charge is 0.0205 e. The Morgan fingerprint density at radius 1 is 1.00 bits per heavy atom. The van der Waals surface area contributed by atoms with E-state index in [4.69, 9.17) is 5.73 Å². The van der Waals surface area contributed by atoms with Crippen LogP contribution in [0.5, 0.6) is 0 Å². The van der Waals surface area contributed by atoms with Gasteiger partial charge in [-0.2, -0.15) is 0 Å². The Morgan fingerprint density at radius 3 is 2.00 bits per heavy atom. The highest BCUT2D eigenvalue weighted by Gasteiger charge is 2.12. The van der Waals surface area contributed by atoms with Gasteiger partial charge in [0.1, 0.15) is 0 Å². The summed E-state index contributed by atoms with van der Waals surface area (Å²) >= 11 is 0. The van der Waals surface area contributed by atoms with Crippen LogP contribution in [0.3, 0.4) is 0 Å². The van der Waals surface area contributed by atoms with Crippen LogP contribution >= 0.6 is 0 Å². The van der Waals surface area contributed by atoms with E-state index in [0.29, 0.717) is 0 Å². The van der Waals surface area contributed by atoms with Gasteiger partial charge in [0, 0.05) is 12.1 Å². The van der Waals surface area contributed by atoms with E-state index < -0.39 is 0 Å². The molecule has 0 aromatic heterocycles. The van der Waals surface area contributed by atoms with Gasteiger partial charge in [-0.1, -0.05) is 45.0 Å². The lowest BCUT2D eigenvalue weighted by molar-refractivity contribution is 0.455. The molecule has 0 aliphatic heterocycles. The average molecular weight is 248 g/mol. The zero-order chi connectivity index (χ0) is 13.8.